The molecule has 0 amide bonds. The zero-order valence-electron chi connectivity index (χ0n) is 15.0. The van der Waals surface area contributed by atoms with Gasteiger partial charge in [-0.25, -0.2) is 9.50 Å². The summed E-state index contributed by atoms with van der Waals surface area (Å²) in [6.45, 7) is 0. The number of carboxylic acid groups (broad SMARTS) is 1. The number of carbonyl (C=O) groups is 1. The van der Waals surface area contributed by atoms with E-state index in [0.717, 1.165) is 16.6 Å². The van der Waals surface area contributed by atoms with Crippen molar-refractivity contribution in [3.63, 3.8) is 0 Å². The van der Waals surface area contributed by atoms with Gasteiger partial charge in [0, 0.05) is 12.0 Å². The van der Waals surface area contributed by atoms with E-state index in [-0.39, 0.29) is 36.7 Å². The van der Waals surface area contributed by atoms with Crippen LogP contribution in [0.3, 0.4) is 0 Å². The van der Waals surface area contributed by atoms with Crippen molar-refractivity contribution in [1.29, 1.82) is 0 Å². The number of pyridine rings is 1. The number of fused-ring (bicyclic) bond motifs is 1. The molecule has 0 unspecified atom stereocenters. The number of carboxylic acids is 1. The van der Waals surface area contributed by atoms with E-state index in [1.54, 1.807) is 6.07 Å². The third-order valence-corrected chi connectivity index (χ3v) is 4.37. The van der Waals surface area contributed by atoms with Gasteiger partial charge in [-0.15, -0.1) is 0 Å². The Labute approximate surface area is 161 Å². The van der Waals surface area contributed by atoms with Crippen molar-refractivity contribution >= 4 is 17.4 Å². The highest BCUT2D eigenvalue weighted by Gasteiger charge is 2.30. The van der Waals surface area contributed by atoms with Gasteiger partial charge in [0.25, 0.3) is 0 Å². The molecule has 0 fully saturated rings. The van der Waals surface area contributed by atoms with Crippen LogP contribution in [0.5, 0.6) is 0 Å². The highest BCUT2D eigenvalue weighted by molar-refractivity contribution is 5.68. The molecule has 0 aliphatic rings. The molecule has 0 spiro atoms. The molecule has 0 bridgehead atoms. The van der Waals surface area contributed by atoms with Crippen LogP contribution in [0, 0.1) is 0 Å². The van der Waals surface area contributed by atoms with Crippen molar-refractivity contribution in [2.45, 2.75) is 31.9 Å². The van der Waals surface area contributed by atoms with Crippen molar-refractivity contribution < 1.29 is 28.2 Å². The van der Waals surface area contributed by atoms with Crippen molar-refractivity contribution in [3.05, 3.63) is 68.9 Å². The number of aliphatic hydroxyl groups is 1. The summed E-state index contributed by atoms with van der Waals surface area (Å²) >= 11 is 0. The van der Waals surface area contributed by atoms with Gasteiger partial charge in [-0.3, -0.25) is 9.59 Å². The van der Waals surface area contributed by atoms with Crippen LogP contribution < -0.4 is 10.8 Å². The Kier molecular flexibility index (Phi) is 5.53. The van der Waals surface area contributed by atoms with Gasteiger partial charge < -0.3 is 10.2 Å². The van der Waals surface area contributed by atoms with Crippen LogP contribution in [0.2, 0.25) is 0 Å². The summed E-state index contributed by atoms with van der Waals surface area (Å²) in [5, 5.41) is 22.6. The number of benzene rings is 1. The first-order valence-corrected chi connectivity index (χ1v) is 8.62. The number of hydrogen-bond acceptors (Lipinski definition) is 5. The zero-order chi connectivity index (χ0) is 21.2. The predicted octanol–water partition coefficient (Wildman–Crippen LogP) is 2.14. The highest BCUT2D eigenvalue weighted by Crippen LogP contribution is 2.29. The van der Waals surface area contributed by atoms with E-state index in [9.17, 15) is 27.9 Å². The minimum atomic E-state index is -4.44. The molecule has 3 rings (SSSR count). The minimum absolute atomic E-state index is 0.179. The molecule has 2 heterocycles. The van der Waals surface area contributed by atoms with Gasteiger partial charge in [0.1, 0.15) is 12.1 Å². The molecule has 7 nitrogen and oxygen atoms in total. The molecule has 0 radical (unpaired) electrons. The van der Waals surface area contributed by atoms with Crippen LogP contribution in [0.15, 0.2) is 41.5 Å². The average molecular weight is 407 g/mol. The van der Waals surface area contributed by atoms with Gasteiger partial charge in [0.15, 0.2) is 11.0 Å². The molecule has 3 aromatic rings. The molecule has 0 aliphatic carbocycles. The first-order valence-electron chi connectivity index (χ1n) is 8.62. The summed E-state index contributed by atoms with van der Waals surface area (Å²) in [7, 11) is 0. The molecular weight excluding hydrogens is 391 g/mol. The van der Waals surface area contributed by atoms with E-state index in [4.69, 9.17) is 5.11 Å². The number of halogens is 3. The van der Waals surface area contributed by atoms with E-state index in [0.29, 0.717) is 11.1 Å². The van der Waals surface area contributed by atoms with Crippen molar-refractivity contribution in [2.24, 2.45) is 0 Å². The van der Waals surface area contributed by atoms with Gasteiger partial charge in [-0.05, 0) is 30.5 Å². The molecule has 0 aliphatic heterocycles. The Bertz CT molecular complexity index is 1170. The summed E-state index contributed by atoms with van der Waals surface area (Å²) in [4.78, 5) is 27.2. The second-order valence-corrected chi connectivity index (χ2v) is 6.42. The lowest BCUT2D eigenvalue weighted by Crippen LogP contribution is -2.35. The summed E-state index contributed by atoms with van der Waals surface area (Å²) in [5.41, 5.74) is -0.150. The Balaban J connectivity index is 1.94. The maximum Gasteiger partial charge on any atom is 0.416 e. The molecule has 10 heteroatoms. The largest absolute Gasteiger partial charge is 0.510 e. The Morgan fingerprint density at radius 1 is 1.10 bits per heavy atom. The van der Waals surface area contributed by atoms with Gasteiger partial charge in [-0.2, -0.15) is 18.3 Å². The van der Waals surface area contributed by atoms with Crippen molar-refractivity contribution in [2.75, 3.05) is 0 Å². The number of alkyl halides is 3. The van der Waals surface area contributed by atoms with E-state index in [1.165, 1.54) is 18.5 Å². The Morgan fingerprint density at radius 2 is 1.86 bits per heavy atom. The molecule has 152 valence electrons. The monoisotopic (exact) mass is 407 g/mol. The zero-order valence-corrected chi connectivity index (χ0v) is 15.0. The lowest BCUT2D eigenvalue weighted by Gasteiger charge is -2.09. The number of aromatic nitrogens is 3. The van der Waals surface area contributed by atoms with Crippen molar-refractivity contribution in [1.82, 2.24) is 14.6 Å². The number of nitrogens with zero attached hydrogens (tertiary/aromatic N) is 3. The number of hydrogen-bond donors (Lipinski definition) is 2. The van der Waals surface area contributed by atoms with Gasteiger partial charge in [0.2, 0.25) is 5.43 Å². The summed E-state index contributed by atoms with van der Waals surface area (Å²) < 4.78 is 39.7. The van der Waals surface area contributed by atoms with E-state index in [1.807, 2.05) is 0 Å². The fraction of sp³-hybridized carbons (Fsp3) is 0.263. The quantitative estimate of drug-likeness (QED) is 0.649. The standard InChI is InChI=1S/C19H16F3N3O4/c20-19(21,22)13-3-1-2-11(8-13)4-5-12-9-15(27)17(14(26)6-7-16(28)29)25-18(12)23-10-24-25/h1-3,8-10,26H,4-7H2,(H,28,29). The normalized spacial score (nSPS) is 12.9. The first-order chi connectivity index (χ1) is 13.7. The van der Waals surface area contributed by atoms with Gasteiger partial charge in [-0.1, -0.05) is 18.2 Å². The van der Waals surface area contributed by atoms with Crippen LogP contribution in [0.25, 0.3) is 11.4 Å². The van der Waals surface area contributed by atoms with Gasteiger partial charge in [0.05, 0.1) is 12.0 Å². The molecule has 0 saturated carbocycles. The van der Waals surface area contributed by atoms with Gasteiger partial charge >= 0.3 is 12.1 Å². The maximum absolute atomic E-state index is 12.9. The third kappa shape index (κ3) is 4.53. The fourth-order valence-electron chi connectivity index (χ4n) is 2.99. The number of rotatable bonds is 6. The van der Waals surface area contributed by atoms with E-state index in [2.05, 4.69) is 10.1 Å². The molecule has 2 aromatic heterocycles. The Hall–Kier alpha value is -3.43. The molecule has 29 heavy (non-hydrogen) atoms. The molecule has 2 N–H and O–H groups in total. The number of aryl methyl sites for hydroxylation is 2. The number of aliphatic hydroxyl groups excluding tert-OH is 1. The minimum Gasteiger partial charge on any atom is -0.510 e. The van der Waals surface area contributed by atoms with Crippen molar-refractivity contribution in [3.8, 4) is 0 Å². The second-order valence-electron chi connectivity index (χ2n) is 6.42. The second kappa shape index (κ2) is 7.90. The summed E-state index contributed by atoms with van der Waals surface area (Å²) in [6.07, 6.45) is -3.41. The molecule has 0 atom stereocenters. The van der Waals surface area contributed by atoms with Crippen LogP contribution in [-0.2, 0) is 23.8 Å². The Morgan fingerprint density at radius 3 is 2.55 bits per heavy atom. The van der Waals surface area contributed by atoms with E-state index >= 15 is 0 Å². The summed E-state index contributed by atoms with van der Waals surface area (Å²) in [5.74, 6) is -1.55. The van der Waals surface area contributed by atoms with E-state index < -0.39 is 28.9 Å². The predicted molar refractivity (Wildman–Crippen MR) is 96.2 cm³/mol. The number of aliphatic carboxylic acids is 1. The van der Waals surface area contributed by atoms with Crippen LogP contribution in [0.4, 0.5) is 13.2 Å². The average Bonchev–Trinajstić information content (AvgIpc) is 3.13. The topological polar surface area (TPSA) is 105 Å². The molecule has 0 saturated heterocycles. The highest BCUT2D eigenvalue weighted by atomic mass is 19.4. The maximum atomic E-state index is 12.9. The first kappa shape index (κ1) is 20.3. The van der Waals surface area contributed by atoms with Crippen LogP contribution >= 0.6 is 0 Å². The summed E-state index contributed by atoms with van der Waals surface area (Å²) in [6, 6.07) is 6.17. The SMILES string of the molecule is O=C(O)CCC(O)=c1c(=O)cc(CCc2cccc(C(F)(F)F)c2)c2ncnn12. The fourth-order valence-corrected chi connectivity index (χ4v) is 2.99. The smallest absolute Gasteiger partial charge is 0.416 e. The van der Waals surface area contributed by atoms with Crippen LogP contribution in [0.1, 0.15) is 29.5 Å². The lowest BCUT2D eigenvalue weighted by atomic mass is 10.0. The lowest BCUT2D eigenvalue weighted by molar-refractivity contribution is -0.138. The molecule has 1 aromatic carbocycles. The van der Waals surface area contributed by atoms with Crippen LogP contribution in [-0.4, -0.2) is 30.8 Å². The third-order valence-electron chi connectivity index (χ3n) is 4.37. The molecular formula is C19H16F3N3O4.